The van der Waals surface area contributed by atoms with E-state index in [1.165, 1.54) is 11.1 Å². The molecule has 23 heavy (non-hydrogen) atoms. The lowest BCUT2D eigenvalue weighted by atomic mass is 9.87. The van der Waals surface area contributed by atoms with Gasteiger partial charge >= 0.3 is 0 Å². The zero-order valence-corrected chi connectivity index (χ0v) is 13.0. The average Bonchev–Trinajstić information content (AvgIpc) is 3.07. The van der Waals surface area contributed by atoms with Crippen LogP contribution < -0.4 is 0 Å². The topological polar surface area (TPSA) is 50.5 Å². The van der Waals surface area contributed by atoms with Crippen LogP contribution in [0.1, 0.15) is 40.4 Å². The maximum Gasteiger partial charge on any atom is 0.254 e. The Hall–Kier alpha value is -2.69. The fourth-order valence-electron chi connectivity index (χ4n) is 3.43. The van der Waals surface area contributed by atoms with Gasteiger partial charge in [-0.1, -0.05) is 24.3 Å². The Morgan fingerprint density at radius 3 is 3.09 bits per heavy atom. The summed E-state index contributed by atoms with van der Waals surface area (Å²) in [7, 11) is 1.89. The summed E-state index contributed by atoms with van der Waals surface area (Å²) in [6.45, 7) is 0. The molecule has 5 nitrogen and oxygen atoms in total. The summed E-state index contributed by atoms with van der Waals surface area (Å²) < 4.78 is 1.80. The molecule has 0 radical (unpaired) electrons. The monoisotopic (exact) mass is 306 g/mol. The van der Waals surface area contributed by atoms with Gasteiger partial charge in [0.1, 0.15) is 6.33 Å². The lowest BCUT2D eigenvalue weighted by Gasteiger charge is -2.33. The molecule has 0 fully saturated rings. The summed E-state index contributed by atoms with van der Waals surface area (Å²) in [5, 5.41) is 7.87. The second-order valence-electron chi connectivity index (χ2n) is 6.03. The van der Waals surface area contributed by atoms with Crippen molar-refractivity contribution in [3.63, 3.8) is 0 Å². The molecule has 5 heteroatoms. The second-order valence-corrected chi connectivity index (χ2v) is 6.03. The van der Waals surface area contributed by atoms with Crippen molar-refractivity contribution in [1.82, 2.24) is 19.5 Å². The van der Waals surface area contributed by atoms with E-state index in [1.54, 1.807) is 16.8 Å². The van der Waals surface area contributed by atoms with Crippen LogP contribution in [0.25, 0.3) is 5.65 Å². The molecule has 0 saturated carbocycles. The van der Waals surface area contributed by atoms with Gasteiger partial charge in [-0.25, -0.2) is 0 Å². The molecule has 1 aliphatic carbocycles. The van der Waals surface area contributed by atoms with Crippen molar-refractivity contribution in [2.45, 2.75) is 25.3 Å². The maximum atomic E-state index is 12.9. The van der Waals surface area contributed by atoms with Crippen molar-refractivity contribution in [1.29, 1.82) is 0 Å². The van der Waals surface area contributed by atoms with Gasteiger partial charge in [-0.05, 0) is 42.5 Å². The normalized spacial score (nSPS) is 17.0. The standard InChI is InChI=1S/C18H18N4O/c1-21(16-8-4-6-13-5-2-3-7-15(13)16)18(23)14-9-10-22-12-19-20-17(22)11-14/h2-3,5,7,9-12,16H,4,6,8H2,1H3/t16-/m0/s1. The third-order valence-corrected chi connectivity index (χ3v) is 4.67. The molecule has 1 atom stereocenters. The first-order valence-electron chi connectivity index (χ1n) is 7.88. The SMILES string of the molecule is CN(C(=O)c1ccn2cnnc2c1)[C@H]1CCCc2ccccc21. The molecule has 1 aliphatic rings. The quantitative estimate of drug-likeness (QED) is 0.731. The van der Waals surface area contributed by atoms with Crippen LogP contribution in [0.3, 0.4) is 0 Å². The molecular weight excluding hydrogens is 288 g/mol. The number of carbonyl (C=O) groups is 1. The van der Waals surface area contributed by atoms with Crippen LogP contribution >= 0.6 is 0 Å². The first-order chi connectivity index (χ1) is 11.2. The van der Waals surface area contributed by atoms with Gasteiger partial charge in [-0.3, -0.25) is 9.20 Å². The van der Waals surface area contributed by atoms with E-state index in [-0.39, 0.29) is 11.9 Å². The zero-order valence-electron chi connectivity index (χ0n) is 13.0. The third-order valence-electron chi connectivity index (χ3n) is 4.67. The third kappa shape index (κ3) is 2.38. The minimum atomic E-state index is 0.0252. The van der Waals surface area contributed by atoms with E-state index in [4.69, 9.17) is 0 Å². The van der Waals surface area contributed by atoms with Crippen molar-refractivity contribution < 1.29 is 4.79 Å². The van der Waals surface area contributed by atoms with Gasteiger partial charge in [0.25, 0.3) is 5.91 Å². The summed E-state index contributed by atoms with van der Waals surface area (Å²) in [6.07, 6.45) is 6.67. The van der Waals surface area contributed by atoms with Crippen LogP contribution in [0.4, 0.5) is 0 Å². The number of aromatic nitrogens is 3. The molecule has 0 aliphatic heterocycles. The number of hydrogen-bond acceptors (Lipinski definition) is 3. The summed E-state index contributed by atoms with van der Waals surface area (Å²) >= 11 is 0. The van der Waals surface area contributed by atoms with Crippen LogP contribution in [0.2, 0.25) is 0 Å². The molecule has 2 heterocycles. The van der Waals surface area contributed by atoms with Crippen molar-refractivity contribution in [3.8, 4) is 0 Å². The molecule has 0 spiro atoms. The summed E-state index contributed by atoms with van der Waals surface area (Å²) in [6, 6.07) is 12.2. The smallest absolute Gasteiger partial charge is 0.254 e. The van der Waals surface area contributed by atoms with Crippen LogP contribution in [-0.4, -0.2) is 32.5 Å². The predicted molar refractivity (Wildman–Crippen MR) is 87.2 cm³/mol. The van der Waals surface area contributed by atoms with Gasteiger partial charge in [0.2, 0.25) is 0 Å². The summed E-state index contributed by atoms with van der Waals surface area (Å²) in [5.41, 5.74) is 3.97. The van der Waals surface area contributed by atoms with Crippen molar-refractivity contribution in [3.05, 3.63) is 65.6 Å². The van der Waals surface area contributed by atoms with Gasteiger partial charge in [0, 0.05) is 18.8 Å². The van der Waals surface area contributed by atoms with E-state index in [9.17, 15) is 4.79 Å². The highest BCUT2D eigenvalue weighted by atomic mass is 16.2. The lowest BCUT2D eigenvalue weighted by Crippen LogP contribution is -2.33. The molecule has 0 bridgehead atoms. The molecule has 1 aromatic carbocycles. The molecule has 0 N–H and O–H groups in total. The lowest BCUT2D eigenvalue weighted by molar-refractivity contribution is 0.0715. The Labute approximate surface area is 134 Å². The number of fused-ring (bicyclic) bond motifs is 2. The van der Waals surface area contributed by atoms with Crippen LogP contribution in [0, 0.1) is 0 Å². The number of aryl methyl sites for hydroxylation is 1. The number of nitrogens with zero attached hydrogens (tertiary/aromatic N) is 4. The van der Waals surface area contributed by atoms with Crippen LogP contribution in [0.15, 0.2) is 48.9 Å². The molecule has 116 valence electrons. The number of amides is 1. The Balaban J connectivity index is 1.66. The highest BCUT2D eigenvalue weighted by molar-refractivity contribution is 5.95. The highest BCUT2D eigenvalue weighted by Crippen LogP contribution is 2.34. The Morgan fingerprint density at radius 1 is 1.30 bits per heavy atom. The first kappa shape index (κ1) is 13.9. The van der Waals surface area contributed by atoms with Gasteiger partial charge in [-0.15, -0.1) is 10.2 Å². The van der Waals surface area contributed by atoms with E-state index in [0.29, 0.717) is 11.2 Å². The number of rotatable bonds is 2. The second kappa shape index (κ2) is 5.50. The fourth-order valence-corrected chi connectivity index (χ4v) is 3.43. The van der Waals surface area contributed by atoms with Crippen molar-refractivity contribution in [2.75, 3.05) is 7.05 Å². The first-order valence-corrected chi connectivity index (χ1v) is 7.88. The number of hydrogen-bond donors (Lipinski definition) is 0. The van der Waals surface area contributed by atoms with E-state index >= 15 is 0 Å². The van der Waals surface area contributed by atoms with E-state index < -0.39 is 0 Å². The van der Waals surface area contributed by atoms with Gasteiger partial charge < -0.3 is 4.90 Å². The minimum absolute atomic E-state index is 0.0252. The van der Waals surface area contributed by atoms with Gasteiger partial charge in [-0.2, -0.15) is 0 Å². The summed E-state index contributed by atoms with van der Waals surface area (Å²) in [5.74, 6) is 0.0252. The van der Waals surface area contributed by atoms with E-state index in [2.05, 4.69) is 34.5 Å². The largest absolute Gasteiger partial charge is 0.335 e. The van der Waals surface area contributed by atoms with Gasteiger partial charge in [0.15, 0.2) is 5.65 Å². The average molecular weight is 306 g/mol. The number of benzene rings is 1. The zero-order chi connectivity index (χ0) is 15.8. The van der Waals surface area contributed by atoms with Crippen molar-refractivity contribution in [2.24, 2.45) is 0 Å². The van der Waals surface area contributed by atoms with Gasteiger partial charge in [0.05, 0.1) is 6.04 Å². The Kier molecular flexibility index (Phi) is 3.33. The molecule has 1 amide bonds. The predicted octanol–water partition coefficient (Wildman–Crippen LogP) is 2.88. The molecule has 3 aromatic rings. The maximum absolute atomic E-state index is 12.9. The molecular formula is C18H18N4O. The molecule has 2 aromatic heterocycles. The van der Waals surface area contributed by atoms with Crippen LogP contribution in [0.5, 0.6) is 0 Å². The summed E-state index contributed by atoms with van der Waals surface area (Å²) in [4.78, 5) is 14.7. The Bertz CT molecular complexity index is 870. The highest BCUT2D eigenvalue weighted by Gasteiger charge is 2.27. The number of carbonyl (C=O) groups excluding carboxylic acids is 1. The van der Waals surface area contributed by atoms with Crippen molar-refractivity contribution >= 4 is 11.6 Å². The molecule has 0 unspecified atom stereocenters. The number of pyridine rings is 1. The van der Waals surface area contributed by atoms with Crippen LogP contribution in [-0.2, 0) is 6.42 Å². The van der Waals surface area contributed by atoms with E-state index in [1.807, 2.05) is 24.2 Å². The molecule has 0 saturated heterocycles. The molecule has 4 rings (SSSR count). The minimum Gasteiger partial charge on any atom is -0.335 e. The Morgan fingerprint density at radius 2 is 2.17 bits per heavy atom. The fraction of sp³-hybridized carbons (Fsp3) is 0.278. The van der Waals surface area contributed by atoms with E-state index in [0.717, 1.165) is 19.3 Å².